The zero-order chi connectivity index (χ0) is 4.50. The first kappa shape index (κ1) is 22.7. The molecule has 0 atom stereocenters. The molecule has 0 amide bonds. The zero-order valence-electron chi connectivity index (χ0n) is 2.20. The third-order valence-electron chi connectivity index (χ3n) is 0. The van der Waals surface area contributed by atoms with Gasteiger partial charge in [-0.3, -0.25) is 0 Å². The number of phosphoric acid groups is 1. The van der Waals surface area contributed by atoms with Crippen molar-refractivity contribution >= 4 is 127 Å². The summed E-state index contributed by atoms with van der Waals surface area (Å²) in [5, 5.41) is 0. The van der Waals surface area contributed by atoms with Crippen molar-refractivity contribution in [3.8, 4) is 0 Å². The average Bonchev–Trinajstić information content (AvgIpc) is 0.722. The topological polar surface area (TPSA) is 77.8 Å². The second kappa shape index (κ2) is 11.0. The van der Waals surface area contributed by atoms with Gasteiger partial charge in [0.15, 0.2) is 0 Å². The van der Waals surface area contributed by atoms with E-state index in [4.69, 9.17) is 19.2 Å². The third-order valence-corrected chi connectivity index (χ3v) is 0. The van der Waals surface area contributed by atoms with E-state index in [1.807, 2.05) is 0 Å². The molecular weight excluding hydrogens is 197 g/mol. The van der Waals surface area contributed by atoms with Crippen LogP contribution in [-0.2, 0) is 4.57 Å². The Balaban J connectivity index is -0.0000000267. The van der Waals surface area contributed by atoms with Crippen LogP contribution in [0.3, 0.4) is 0 Å². The van der Waals surface area contributed by atoms with Gasteiger partial charge in [-0.15, -0.1) is 0 Å². The van der Waals surface area contributed by atoms with E-state index in [1.165, 1.54) is 0 Å². The molecule has 0 unspecified atom stereocenters. The van der Waals surface area contributed by atoms with Gasteiger partial charge in [0, 0.05) is 0 Å². The van der Waals surface area contributed by atoms with Gasteiger partial charge in [0.2, 0.25) is 0 Å². The van der Waals surface area contributed by atoms with Gasteiger partial charge >= 0.3 is 127 Å². The van der Waals surface area contributed by atoms with Crippen LogP contribution < -0.4 is 0 Å². The second-order valence-electron chi connectivity index (χ2n) is 0.513. The fourth-order valence-corrected chi connectivity index (χ4v) is 0. The van der Waals surface area contributed by atoms with E-state index in [2.05, 4.69) is 0 Å². The maximum absolute atomic E-state index is 8.88. The summed E-state index contributed by atoms with van der Waals surface area (Å²) in [5.74, 6) is 0. The molecule has 0 saturated carbocycles. The van der Waals surface area contributed by atoms with Gasteiger partial charge < -0.3 is 14.7 Å². The Kier molecular flexibility index (Phi) is 31.2. The zero-order valence-corrected chi connectivity index (χ0v) is 3.09. The van der Waals surface area contributed by atoms with Crippen LogP contribution in [0.5, 0.6) is 0 Å². The predicted octanol–water partition coefficient (Wildman–Crippen LogP) is -3.14. The molecule has 0 aliphatic carbocycles. The minimum atomic E-state index is -4.64. The van der Waals surface area contributed by atoms with Gasteiger partial charge in [0.25, 0.3) is 0 Å². The average molecular weight is 204 g/mol. The standard InChI is InChI=1S/Ca.K.Na.H3O4P.4H/c;;;1-5(2,3)4;;;;/h;;;(H3,1,2,3,4);;;;. The van der Waals surface area contributed by atoms with E-state index in [0.29, 0.717) is 0 Å². The quantitative estimate of drug-likeness (QED) is 0.288. The molecule has 0 heterocycles. The molecule has 0 fully saturated rings. The Labute approximate surface area is 142 Å². The van der Waals surface area contributed by atoms with E-state index >= 15 is 0 Å². The number of hydrogen-bond acceptors (Lipinski definition) is 1. The van der Waals surface area contributed by atoms with Crippen LogP contribution in [0.25, 0.3) is 0 Å². The fourth-order valence-electron chi connectivity index (χ4n) is 0. The molecule has 0 radical (unpaired) electrons. The van der Waals surface area contributed by atoms with Crippen molar-refractivity contribution in [2.24, 2.45) is 0 Å². The van der Waals surface area contributed by atoms with E-state index in [9.17, 15) is 0 Å². The monoisotopic (exact) mass is 204 g/mol. The van der Waals surface area contributed by atoms with Crippen molar-refractivity contribution in [1.29, 1.82) is 0 Å². The van der Waals surface area contributed by atoms with Gasteiger partial charge in [0.1, 0.15) is 0 Å². The van der Waals surface area contributed by atoms with Crippen LogP contribution in [0.15, 0.2) is 0 Å². The van der Waals surface area contributed by atoms with E-state index in [0.717, 1.165) is 0 Å². The molecule has 0 aromatic rings. The first-order valence-electron chi connectivity index (χ1n) is 0.783. The maximum atomic E-state index is 8.88. The van der Waals surface area contributed by atoms with Crippen molar-refractivity contribution in [3.05, 3.63) is 0 Å². The van der Waals surface area contributed by atoms with Gasteiger partial charge in [-0.1, -0.05) is 0 Å². The minimum absolute atomic E-state index is 0. The van der Waals surface area contributed by atoms with Crippen LogP contribution in [0.1, 0.15) is 0 Å². The van der Waals surface area contributed by atoms with Crippen molar-refractivity contribution in [2.75, 3.05) is 0 Å². The predicted molar refractivity (Wildman–Crippen MR) is 37.1 cm³/mol. The Morgan fingerprint density at radius 3 is 1.12 bits per heavy atom. The summed E-state index contributed by atoms with van der Waals surface area (Å²) in [7, 11) is -4.64. The fraction of sp³-hybridized carbons (Fsp3) is 0. The SMILES string of the molecule is O=P(O)(O)O.[CaH2].[KH].[NaH]. The summed E-state index contributed by atoms with van der Waals surface area (Å²) >= 11 is 0. The summed E-state index contributed by atoms with van der Waals surface area (Å²) in [5.41, 5.74) is 0. The van der Waals surface area contributed by atoms with Crippen LogP contribution in [-0.4, -0.2) is 133 Å². The molecule has 0 aromatic heterocycles. The van der Waals surface area contributed by atoms with Crippen molar-refractivity contribution in [2.45, 2.75) is 0 Å². The van der Waals surface area contributed by atoms with Crippen LogP contribution >= 0.6 is 7.82 Å². The first-order valence-corrected chi connectivity index (χ1v) is 2.35. The Morgan fingerprint density at radius 2 is 1.12 bits per heavy atom. The van der Waals surface area contributed by atoms with Gasteiger partial charge in [0.05, 0.1) is 0 Å². The summed E-state index contributed by atoms with van der Waals surface area (Å²) in [6, 6.07) is 0. The van der Waals surface area contributed by atoms with Gasteiger partial charge in [-0.2, -0.15) is 0 Å². The van der Waals surface area contributed by atoms with E-state index in [1.54, 1.807) is 0 Å². The molecule has 0 aliphatic heterocycles. The van der Waals surface area contributed by atoms with Crippen molar-refractivity contribution < 1.29 is 19.2 Å². The normalized spacial score (nSPS) is 7.38. The van der Waals surface area contributed by atoms with E-state index in [-0.39, 0.29) is 119 Å². The number of hydrogen-bond donors (Lipinski definition) is 3. The molecule has 0 rings (SSSR count). The molecular formula is H7CaKNaO4P. The molecule has 0 spiro atoms. The first-order chi connectivity index (χ1) is 2.00. The van der Waals surface area contributed by atoms with Crippen LogP contribution in [0.2, 0.25) is 0 Å². The molecule has 3 N–H and O–H groups in total. The van der Waals surface area contributed by atoms with Gasteiger partial charge in [-0.05, 0) is 0 Å². The van der Waals surface area contributed by atoms with Crippen LogP contribution in [0.4, 0.5) is 0 Å². The Hall–Kier alpha value is 4.01. The summed E-state index contributed by atoms with van der Waals surface area (Å²) in [6.07, 6.45) is 0. The summed E-state index contributed by atoms with van der Waals surface area (Å²) < 4.78 is 8.88. The molecule has 40 valence electrons. The molecule has 8 heteroatoms. The molecule has 0 bridgehead atoms. The molecule has 8 heavy (non-hydrogen) atoms. The molecule has 0 saturated heterocycles. The molecule has 0 aliphatic rings. The van der Waals surface area contributed by atoms with Gasteiger partial charge in [-0.25, -0.2) is 4.57 Å². The summed E-state index contributed by atoms with van der Waals surface area (Å²) in [6.45, 7) is 0. The van der Waals surface area contributed by atoms with E-state index < -0.39 is 7.82 Å². The van der Waals surface area contributed by atoms with Crippen molar-refractivity contribution in [1.82, 2.24) is 0 Å². The Bertz CT molecular complexity index is 62.2. The second-order valence-corrected chi connectivity index (χ2v) is 1.54. The third kappa shape index (κ3) is 50.6. The Morgan fingerprint density at radius 1 is 1.12 bits per heavy atom. The summed E-state index contributed by atoms with van der Waals surface area (Å²) in [4.78, 5) is 21.6. The molecule has 0 aromatic carbocycles. The molecule has 4 nitrogen and oxygen atoms in total. The van der Waals surface area contributed by atoms with Crippen molar-refractivity contribution in [3.63, 3.8) is 0 Å². The number of rotatable bonds is 0. The van der Waals surface area contributed by atoms with Crippen LogP contribution in [0, 0.1) is 0 Å².